The van der Waals surface area contributed by atoms with Crippen molar-refractivity contribution in [3.63, 3.8) is 0 Å². The molecule has 0 heterocycles. The van der Waals surface area contributed by atoms with E-state index in [1.54, 1.807) is 43.5 Å². The second-order valence-electron chi connectivity index (χ2n) is 4.86. The third-order valence-corrected chi connectivity index (χ3v) is 4.81. The molecule has 0 unspecified atom stereocenters. The molecule has 0 N–H and O–H groups in total. The Morgan fingerprint density at radius 3 is 2.36 bits per heavy atom. The summed E-state index contributed by atoms with van der Waals surface area (Å²) in [4.78, 5) is -0.0387. The van der Waals surface area contributed by atoms with Gasteiger partial charge in [0.1, 0.15) is 10.6 Å². The zero-order valence-electron chi connectivity index (χ0n) is 12.4. The first-order chi connectivity index (χ1) is 10.4. The number of hydrogen-bond donors (Lipinski definition) is 0. The van der Waals surface area contributed by atoms with Crippen molar-refractivity contribution in [1.29, 1.82) is 0 Å². The smallest absolute Gasteiger partial charge is 0.340 e. The van der Waals surface area contributed by atoms with Gasteiger partial charge in [-0.1, -0.05) is 29.8 Å². The lowest BCUT2D eigenvalue weighted by Gasteiger charge is -2.09. The lowest BCUT2D eigenvalue weighted by molar-refractivity contribution is 0.202. The quantitative estimate of drug-likeness (QED) is 0.754. The van der Waals surface area contributed by atoms with E-state index in [1.807, 2.05) is 6.92 Å². The van der Waals surface area contributed by atoms with Gasteiger partial charge < -0.3 is 8.92 Å². The van der Waals surface area contributed by atoms with E-state index in [4.69, 9.17) is 20.5 Å². The van der Waals surface area contributed by atoms with Crippen LogP contribution in [0.5, 0.6) is 5.75 Å². The minimum absolute atomic E-state index is 0.0387. The van der Waals surface area contributed by atoms with E-state index >= 15 is 0 Å². The van der Waals surface area contributed by atoms with Gasteiger partial charge in [-0.25, -0.2) is 0 Å². The minimum atomic E-state index is -3.95. The number of methoxy groups -OCH3 is 1. The van der Waals surface area contributed by atoms with Crippen LogP contribution in [-0.4, -0.2) is 22.1 Å². The van der Waals surface area contributed by atoms with Gasteiger partial charge >= 0.3 is 10.1 Å². The van der Waals surface area contributed by atoms with Crippen LogP contribution in [0.3, 0.4) is 0 Å². The van der Waals surface area contributed by atoms with Crippen molar-refractivity contribution in [2.45, 2.75) is 18.2 Å². The summed E-state index contributed by atoms with van der Waals surface area (Å²) in [7, 11) is -2.31. The van der Waals surface area contributed by atoms with Gasteiger partial charge in [0.2, 0.25) is 0 Å². The second kappa shape index (κ2) is 7.13. The van der Waals surface area contributed by atoms with Crippen molar-refractivity contribution in [2.75, 3.05) is 13.7 Å². The van der Waals surface area contributed by atoms with Crippen LogP contribution >= 0.6 is 11.6 Å². The SMILES string of the molecule is COCCc1ccc(OS(=O)(=O)c2ccc(C)cc2Cl)cc1. The number of benzene rings is 2. The monoisotopic (exact) mass is 340 g/mol. The Bertz CT molecular complexity index is 739. The van der Waals surface area contributed by atoms with Gasteiger partial charge in [-0.05, 0) is 48.7 Å². The molecule has 0 amide bonds. The molecule has 0 aliphatic rings. The maximum Gasteiger partial charge on any atom is 0.340 e. The van der Waals surface area contributed by atoms with Crippen LogP contribution in [0.25, 0.3) is 0 Å². The van der Waals surface area contributed by atoms with Gasteiger partial charge in [0.15, 0.2) is 0 Å². The van der Waals surface area contributed by atoms with Gasteiger partial charge in [-0.15, -0.1) is 0 Å². The molecule has 22 heavy (non-hydrogen) atoms. The highest BCUT2D eigenvalue weighted by molar-refractivity contribution is 7.87. The Labute approximate surface area is 135 Å². The number of rotatable bonds is 6. The van der Waals surface area contributed by atoms with Gasteiger partial charge in [-0.3, -0.25) is 0 Å². The Hall–Kier alpha value is -1.56. The van der Waals surface area contributed by atoms with Crippen molar-refractivity contribution in [3.05, 3.63) is 58.6 Å². The van der Waals surface area contributed by atoms with Gasteiger partial charge in [0.25, 0.3) is 0 Å². The normalized spacial score (nSPS) is 11.4. The minimum Gasteiger partial charge on any atom is -0.384 e. The maximum atomic E-state index is 12.3. The average Bonchev–Trinajstić information content (AvgIpc) is 2.45. The number of ether oxygens (including phenoxy) is 1. The van der Waals surface area contributed by atoms with Crippen LogP contribution in [0.2, 0.25) is 5.02 Å². The van der Waals surface area contributed by atoms with Crippen molar-refractivity contribution in [1.82, 2.24) is 0 Å². The fourth-order valence-corrected chi connectivity index (χ4v) is 3.42. The summed E-state index contributed by atoms with van der Waals surface area (Å²) in [6.45, 7) is 2.44. The molecule has 0 atom stereocenters. The first-order valence-electron chi connectivity index (χ1n) is 6.71. The highest BCUT2D eigenvalue weighted by atomic mass is 35.5. The van der Waals surface area contributed by atoms with E-state index in [1.165, 1.54) is 6.07 Å². The fraction of sp³-hybridized carbons (Fsp3) is 0.250. The summed E-state index contributed by atoms with van der Waals surface area (Å²) in [5.74, 6) is 0.248. The average molecular weight is 341 g/mol. The van der Waals surface area contributed by atoms with E-state index in [-0.39, 0.29) is 15.7 Å². The predicted octanol–water partition coefficient (Wildman–Crippen LogP) is 3.61. The molecule has 0 saturated heterocycles. The summed E-state index contributed by atoms with van der Waals surface area (Å²) in [5, 5.41) is 0.150. The topological polar surface area (TPSA) is 52.6 Å². The molecular weight excluding hydrogens is 324 g/mol. The first kappa shape index (κ1) is 16.8. The molecular formula is C16H17ClO4S. The lowest BCUT2D eigenvalue weighted by Crippen LogP contribution is -2.10. The molecule has 2 rings (SSSR count). The van der Waals surface area contributed by atoms with Crippen molar-refractivity contribution >= 4 is 21.7 Å². The van der Waals surface area contributed by atoms with Crippen LogP contribution < -0.4 is 4.18 Å². The molecule has 118 valence electrons. The van der Waals surface area contributed by atoms with Crippen molar-refractivity contribution in [2.24, 2.45) is 0 Å². The highest BCUT2D eigenvalue weighted by Gasteiger charge is 2.20. The molecule has 0 aliphatic carbocycles. The van der Waals surface area contributed by atoms with E-state index in [9.17, 15) is 8.42 Å². The van der Waals surface area contributed by atoms with E-state index in [0.717, 1.165) is 17.5 Å². The van der Waals surface area contributed by atoms with Crippen molar-refractivity contribution in [3.8, 4) is 5.75 Å². The van der Waals surface area contributed by atoms with Crippen LogP contribution in [0.4, 0.5) is 0 Å². The summed E-state index contributed by atoms with van der Waals surface area (Å²) in [5.41, 5.74) is 1.92. The van der Waals surface area contributed by atoms with Crippen LogP contribution in [0.1, 0.15) is 11.1 Å². The number of aryl methyl sites for hydroxylation is 1. The first-order valence-corrected chi connectivity index (χ1v) is 8.49. The van der Waals surface area contributed by atoms with E-state index in [0.29, 0.717) is 6.61 Å². The van der Waals surface area contributed by atoms with E-state index < -0.39 is 10.1 Å². The molecule has 4 nitrogen and oxygen atoms in total. The van der Waals surface area contributed by atoms with E-state index in [2.05, 4.69) is 0 Å². The molecule has 0 aromatic heterocycles. The Balaban J connectivity index is 2.18. The molecule has 2 aromatic carbocycles. The second-order valence-corrected chi connectivity index (χ2v) is 6.78. The summed E-state index contributed by atoms with van der Waals surface area (Å²) in [6.07, 6.45) is 0.757. The zero-order valence-corrected chi connectivity index (χ0v) is 13.9. The van der Waals surface area contributed by atoms with Crippen LogP contribution in [0, 0.1) is 6.92 Å². The van der Waals surface area contributed by atoms with Crippen LogP contribution in [-0.2, 0) is 21.3 Å². The molecule has 0 aliphatic heterocycles. The van der Waals surface area contributed by atoms with Crippen molar-refractivity contribution < 1.29 is 17.3 Å². The number of hydrogen-bond acceptors (Lipinski definition) is 4. The third kappa shape index (κ3) is 4.22. The number of halogens is 1. The standard InChI is InChI=1S/C16H17ClO4S/c1-12-3-8-16(15(17)11-12)22(18,19)21-14-6-4-13(5-7-14)9-10-20-2/h3-8,11H,9-10H2,1-2H3. The van der Waals surface area contributed by atoms with Crippen LogP contribution in [0.15, 0.2) is 47.4 Å². The maximum absolute atomic E-state index is 12.3. The third-order valence-electron chi connectivity index (χ3n) is 3.08. The molecule has 0 bridgehead atoms. The summed E-state index contributed by atoms with van der Waals surface area (Å²) in [6, 6.07) is 11.6. The molecule has 2 aromatic rings. The highest BCUT2D eigenvalue weighted by Crippen LogP contribution is 2.26. The predicted molar refractivity (Wildman–Crippen MR) is 86.0 cm³/mol. The Morgan fingerprint density at radius 1 is 1.09 bits per heavy atom. The molecule has 0 radical (unpaired) electrons. The zero-order chi connectivity index (χ0) is 16.2. The lowest BCUT2D eigenvalue weighted by atomic mass is 10.1. The summed E-state index contributed by atoms with van der Waals surface area (Å²) < 4.78 is 34.6. The Kier molecular flexibility index (Phi) is 5.45. The molecule has 6 heteroatoms. The Morgan fingerprint density at radius 2 is 1.77 bits per heavy atom. The fourth-order valence-electron chi connectivity index (χ4n) is 1.91. The molecule has 0 fully saturated rings. The molecule has 0 saturated carbocycles. The molecule has 0 spiro atoms. The van der Waals surface area contributed by atoms with Gasteiger partial charge in [0.05, 0.1) is 11.6 Å². The summed E-state index contributed by atoms with van der Waals surface area (Å²) >= 11 is 5.99. The van der Waals surface area contributed by atoms with Gasteiger partial charge in [0, 0.05) is 7.11 Å². The largest absolute Gasteiger partial charge is 0.384 e. The van der Waals surface area contributed by atoms with Gasteiger partial charge in [-0.2, -0.15) is 8.42 Å².